The maximum Gasteiger partial charge on any atom is 0.393 e. The third kappa shape index (κ3) is 23.4. The van der Waals surface area contributed by atoms with Crippen molar-refractivity contribution in [2.24, 2.45) is 41.4 Å². The Balaban J connectivity index is 1.33. The molecule has 4 aliphatic carbocycles. The summed E-state index contributed by atoms with van der Waals surface area (Å²) in [7, 11) is 13.1. The summed E-state index contributed by atoms with van der Waals surface area (Å²) in [4.78, 5) is 194. The summed E-state index contributed by atoms with van der Waals surface area (Å²) < 4.78 is 48.1. The molecule has 0 aromatic rings. The molecule has 13 atom stereocenters. The van der Waals surface area contributed by atoms with Gasteiger partial charge in [0.2, 0.25) is 70.9 Å². The van der Waals surface area contributed by atoms with Crippen LogP contribution in [0.2, 0.25) is 0 Å². The van der Waals surface area contributed by atoms with Gasteiger partial charge in [-0.15, -0.1) is 11.6 Å². The van der Waals surface area contributed by atoms with Crippen LogP contribution in [0, 0.1) is 41.4 Å². The molecular formula is C78H129ClF3N13O13. The summed E-state index contributed by atoms with van der Waals surface area (Å²) in [6.45, 7) is 6.82. The molecule has 7 fully saturated rings. The van der Waals surface area contributed by atoms with Gasteiger partial charge in [0.1, 0.15) is 54.1 Å². The minimum atomic E-state index is -4.53. The predicted octanol–water partition coefficient (Wildman–Crippen LogP) is 6.68. The fourth-order valence-corrected chi connectivity index (χ4v) is 18.3. The Morgan fingerprint density at radius 1 is 0.574 bits per heavy atom. The molecule has 0 bridgehead atoms. The van der Waals surface area contributed by atoms with Gasteiger partial charge >= 0.3 is 6.18 Å². The third-order valence-corrected chi connectivity index (χ3v) is 25.5. The lowest BCUT2D eigenvalue weighted by Gasteiger charge is -2.44. The summed E-state index contributed by atoms with van der Waals surface area (Å²) in [5.41, 5.74) is -1.62. The second-order valence-corrected chi connectivity index (χ2v) is 33.9. The minimum absolute atomic E-state index is 0.0161. The molecular weight excluding hydrogens is 1420 g/mol. The first-order valence-corrected chi connectivity index (χ1v) is 40.7. The zero-order chi connectivity index (χ0) is 79.6. The van der Waals surface area contributed by atoms with Crippen LogP contribution in [0.25, 0.3) is 0 Å². The second-order valence-electron chi connectivity index (χ2n) is 33.3. The van der Waals surface area contributed by atoms with Crippen LogP contribution < -0.4 is 21.3 Å². The Morgan fingerprint density at radius 3 is 1.74 bits per heavy atom. The first-order valence-electron chi connectivity index (χ1n) is 40.3. The van der Waals surface area contributed by atoms with E-state index < -0.39 is 180 Å². The van der Waals surface area contributed by atoms with E-state index >= 15 is 33.6 Å². The van der Waals surface area contributed by atoms with E-state index in [1.165, 1.54) is 80.9 Å². The van der Waals surface area contributed by atoms with Gasteiger partial charge in [0.25, 0.3) is 0 Å². The van der Waals surface area contributed by atoms with Crippen molar-refractivity contribution in [3.63, 3.8) is 0 Å². The number of methoxy groups -OCH3 is 1. The molecule has 4 N–H and O–H groups in total. The van der Waals surface area contributed by atoms with Crippen LogP contribution in [-0.4, -0.2) is 283 Å². The van der Waals surface area contributed by atoms with Crippen LogP contribution in [0.5, 0.6) is 0 Å². The van der Waals surface area contributed by atoms with Crippen LogP contribution in [0.4, 0.5) is 13.2 Å². The van der Waals surface area contributed by atoms with Crippen molar-refractivity contribution < 1.29 is 75.4 Å². The molecule has 0 aromatic heterocycles. The van der Waals surface area contributed by atoms with Gasteiger partial charge in [-0.3, -0.25) is 62.9 Å². The number of alkyl halides is 4. The van der Waals surface area contributed by atoms with Crippen LogP contribution in [-0.2, 0) is 62.3 Å². The number of rotatable bonds is 14. The lowest BCUT2D eigenvalue weighted by atomic mass is 9.78. The van der Waals surface area contributed by atoms with Crippen molar-refractivity contribution in [2.45, 2.75) is 280 Å². The van der Waals surface area contributed by atoms with Gasteiger partial charge in [0.15, 0.2) is 0 Å². The molecule has 12 amide bonds. The van der Waals surface area contributed by atoms with Gasteiger partial charge in [0.05, 0.1) is 32.0 Å². The minimum Gasteiger partial charge on any atom is -0.367 e. The molecule has 4 saturated carbocycles. The number of hydrogen-bond acceptors (Lipinski definition) is 14. The van der Waals surface area contributed by atoms with Crippen molar-refractivity contribution in [3.8, 4) is 0 Å². The number of halogens is 4. The van der Waals surface area contributed by atoms with Crippen molar-refractivity contribution in [3.05, 3.63) is 0 Å². The molecule has 7 rings (SSSR count). The first-order chi connectivity index (χ1) is 51.0. The molecule has 30 heteroatoms. The zero-order valence-corrected chi connectivity index (χ0v) is 67.6. The lowest BCUT2D eigenvalue weighted by Crippen LogP contribution is -2.66. The average Bonchev–Trinajstić information content (AvgIpc) is 1.45. The molecule has 1 spiro atoms. The largest absolute Gasteiger partial charge is 0.393 e. The summed E-state index contributed by atoms with van der Waals surface area (Å²) in [6.07, 6.45) is 7.83. The molecule has 3 heterocycles. The maximum absolute atomic E-state index is 16.1. The predicted molar refractivity (Wildman–Crippen MR) is 403 cm³/mol. The number of carbonyl (C=O) groups excluding carboxylic acids is 12. The van der Waals surface area contributed by atoms with Gasteiger partial charge in [-0.1, -0.05) is 98.3 Å². The quantitative estimate of drug-likeness (QED) is 0.132. The van der Waals surface area contributed by atoms with Crippen molar-refractivity contribution in [2.75, 3.05) is 103 Å². The Morgan fingerprint density at radius 2 is 1.16 bits per heavy atom. The highest BCUT2D eigenvalue weighted by atomic mass is 35.5. The molecule has 3 saturated heterocycles. The van der Waals surface area contributed by atoms with E-state index in [0.717, 1.165) is 72.5 Å². The molecule has 612 valence electrons. The highest BCUT2D eigenvalue weighted by Gasteiger charge is 2.52. The molecule has 108 heavy (non-hydrogen) atoms. The van der Waals surface area contributed by atoms with Crippen LogP contribution in [0.3, 0.4) is 0 Å². The monoisotopic (exact) mass is 1550 g/mol. The molecule has 26 nitrogen and oxygen atoms in total. The van der Waals surface area contributed by atoms with Crippen molar-refractivity contribution in [1.29, 1.82) is 0 Å². The summed E-state index contributed by atoms with van der Waals surface area (Å²) in [6, 6.07) is -8.86. The Bertz CT molecular complexity index is 3080. The van der Waals surface area contributed by atoms with E-state index in [4.69, 9.17) is 16.3 Å². The first kappa shape index (κ1) is 88.9. The number of ether oxygens (including phenoxy) is 1. The Kier molecular flexibility index (Phi) is 33.5. The molecule has 3 aliphatic heterocycles. The highest BCUT2D eigenvalue weighted by Crippen LogP contribution is 2.44. The Hall–Kier alpha value is -6.36. The second kappa shape index (κ2) is 40.7. The van der Waals surface area contributed by atoms with Gasteiger partial charge in [-0.2, -0.15) is 13.2 Å². The fraction of sp³-hybridized carbons (Fsp3) is 0.846. The van der Waals surface area contributed by atoms with Gasteiger partial charge in [-0.05, 0) is 145 Å². The number of nitrogens with zero attached hydrogens (tertiary/aromatic N) is 9. The third-order valence-electron chi connectivity index (χ3n) is 25.0. The highest BCUT2D eigenvalue weighted by molar-refractivity contribution is 6.21. The molecule has 5 unspecified atom stereocenters. The zero-order valence-electron chi connectivity index (χ0n) is 66.8. The lowest BCUT2D eigenvalue weighted by molar-refractivity contribution is -0.182. The number of likely N-dealkylation sites (tertiary alicyclic amines) is 1. The van der Waals surface area contributed by atoms with Crippen molar-refractivity contribution in [1.82, 2.24) is 65.4 Å². The molecule has 0 aromatic carbocycles. The van der Waals surface area contributed by atoms with Gasteiger partial charge < -0.3 is 64.8 Å². The number of amides is 12. The fourth-order valence-electron chi connectivity index (χ4n) is 17.8. The van der Waals surface area contributed by atoms with Crippen LogP contribution in [0.1, 0.15) is 214 Å². The number of likely N-dealkylation sites (N-methyl/N-ethyl adjacent to an activating group) is 8. The average molecular weight is 1550 g/mol. The van der Waals surface area contributed by atoms with Crippen LogP contribution >= 0.6 is 11.6 Å². The number of carbonyl (C=O) groups is 12. The topological polar surface area (TPSA) is 291 Å². The van der Waals surface area contributed by atoms with E-state index in [2.05, 4.69) is 21.3 Å². The number of piperidine rings is 2. The SMILES string of the molecule is CC[C@H](C)[C@@H]1NC(=O)[C@H](CC(C)C)N(C)C(=O)C[C@@H](C(=O)N2CCCCC2)N(C)C(=O)[C@H](C2CCCCC2)N(C)C(=O)C2(CCCC2)NC(=O)[C@H](CC2CCC(OC)NC2)N(C)C(=O)[C@H](CCC2CCC(C(F)(F)F)C(Cl)C2)NC(=O)CN(C)C(=O)[C@H](CC2CCCCC2)N(C)C(=O)CN(C)C(=O)CN(C)C1=O. The smallest absolute Gasteiger partial charge is 0.367 e. The maximum atomic E-state index is 16.1. The van der Waals surface area contributed by atoms with Crippen molar-refractivity contribution >= 4 is 82.5 Å². The summed E-state index contributed by atoms with van der Waals surface area (Å²) >= 11 is 6.48. The number of nitrogens with one attached hydrogen (secondary N) is 4. The number of hydrogen-bond donors (Lipinski definition) is 4. The van der Waals surface area contributed by atoms with Crippen LogP contribution in [0.15, 0.2) is 0 Å². The van der Waals surface area contributed by atoms with Gasteiger partial charge in [-0.25, -0.2) is 0 Å². The van der Waals surface area contributed by atoms with E-state index in [-0.39, 0.29) is 88.2 Å². The molecule has 0 radical (unpaired) electrons. The van der Waals surface area contributed by atoms with Gasteiger partial charge in [0, 0.05) is 88.5 Å². The van der Waals surface area contributed by atoms with E-state index in [1.54, 1.807) is 18.9 Å². The summed E-state index contributed by atoms with van der Waals surface area (Å²) in [5, 5.41) is 11.1. The van der Waals surface area contributed by atoms with E-state index in [0.29, 0.717) is 77.4 Å². The van der Waals surface area contributed by atoms with E-state index in [1.807, 2.05) is 20.8 Å². The normalized spacial score (nSPS) is 30.5. The Labute approximate surface area is 644 Å². The molecule has 7 aliphatic rings. The summed E-state index contributed by atoms with van der Waals surface area (Å²) in [5.74, 6) is -11.1. The van der Waals surface area contributed by atoms with E-state index in [9.17, 15) is 37.1 Å². The standard InChI is InChI=1S/C78H129ClF3N13O13/c1-14-50(4)67-74(105)89(7)47-65(98)87(5)48-66(99)91(9)60(42-51-26-18-15-19-27-51)72(103)88(6)46-62(96)84-57(34-31-52-30-33-55(56(79)41-52)78(80,81)82)71(102)92(10)59(43-53-32-35-63(108-13)83-45-53)70(101)86-77(36-22-23-37-77)76(107)94(12)68(54-28-20-16-21-29-54)75(106)93(11)61(73(104)95-38-24-17-25-39-95)44-64(97)90(8)58(40-49(2)3)69(100)85-67/h49-61,63,67-68,83H,14-48H2,1-13H3,(H,84,96)(H,85,100)(H,86,101)/t50-,52?,53?,55?,56?,57-,58-,59-,60-,61-,63?,67-,68-/m0/s1.